The molecule has 0 saturated heterocycles. The highest BCUT2D eigenvalue weighted by Crippen LogP contribution is 2.17. The first-order valence-corrected chi connectivity index (χ1v) is 6.36. The predicted octanol–water partition coefficient (Wildman–Crippen LogP) is -0.861. The number of hydrogen-bond acceptors (Lipinski definition) is 7. The molecule has 0 saturated carbocycles. The van der Waals surface area contributed by atoms with E-state index in [0.29, 0.717) is 0 Å². The molecule has 0 fully saturated rings. The van der Waals surface area contributed by atoms with Crippen molar-refractivity contribution in [1.82, 2.24) is 0 Å². The van der Waals surface area contributed by atoms with Gasteiger partial charge in [-0.3, -0.25) is 4.79 Å². The van der Waals surface area contributed by atoms with Crippen molar-refractivity contribution in [3.63, 3.8) is 0 Å². The molecule has 1 aromatic carbocycles. The van der Waals surface area contributed by atoms with Gasteiger partial charge >= 0.3 is 5.97 Å². The van der Waals surface area contributed by atoms with Gasteiger partial charge in [0.2, 0.25) is 0 Å². The van der Waals surface area contributed by atoms with Crippen LogP contribution in [0.25, 0.3) is 0 Å². The van der Waals surface area contributed by atoms with Crippen LogP contribution in [0.1, 0.15) is 10.4 Å². The quantitative estimate of drug-likeness (QED) is 0.381. The van der Waals surface area contributed by atoms with Gasteiger partial charge in [-0.1, -0.05) is 23.7 Å². The van der Waals surface area contributed by atoms with Gasteiger partial charge in [0.15, 0.2) is 12.4 Å². The van der Waals surface area contributed by atoms with E-state index in [4.69, 9.17) is 21.4 Å². The molecular weight excluding hydrogens is 304 g/mol. The van der Waals surface area contributed by atoms with Crippen molar-refractivity contribution in [2.45, 2.75) is 24.4 Å². The molecule has 0 aromatic heterocycles. The summed E-state index contributed by atoms with van der Waals surface area (Å²) >= 11 is 5.79. The lowest BCUT2D eigenvalue weighted by Gasteiger charge is -2.25. The van der Waals surface area contributed by atoms with Gasteiger partial charge in [0.25, 0.3) is 0 Å². The molecule has 1 aromatic rings. The third-order valence-corrected chi connectivity index (χ3v) is 3.07. The number of esters is 1. The Morgan fingerprint density at radius 1 is 1.24 bits per heavy atom. The van der Waals surface area contributed by atoms with E-state index < -0.39 is 37.0 Å². The Kier molecular flexibility index (Phi) is 6.73. The summed E-state index contributed by atoms with van der Waals surface area (Å²) in [7, 11) is 0. The number of aldehydes is 1. The third-order valence-electron chi connectivity index (χ3n) is 2.74. The number of ether oxygens (including phenoxy) is 1. The highest BCUT2D eigenvalue weighted by Gasteiger charge is 2.33. The predicted molar refractivity (Wildman–Crippen MR) is 71.8 cm³/mol. The lowest BCUT2D eigenvalue weighted by Crippen LogP contribution is -2.48. The maximum absolute atomic E-state index is 11.8. The van der Waals surface area contributed by atoms with Crippen molar-refractivity contribution >= 4 is 23.9 Å². The lowest BCUT2D eigenvalue weighted by molar-refractivity contribution is -0.138. The summed E-state index contributed by atoms with van der Waals surface area (Å²) in [6, 6.07) is 5.92. The Hall–Kier alpha value is -1.51. The molecule has 21 heavy (non-hydrogen) atoms. The smallest absolute Gasteiger partial charge is 0.340 e. The molecule has 0 unspecified atom stereocenters. The van der Waals surface area contributed by atoms with Crippen molar-refractivity contribution in [2.75, 3.05) is 6.61 Å². The first-order chi connectivity index (χ1) is 9.92. The molecule has 0 aliphatic rings. The Morgan fingerprint density at radius 2 is 1.86 bits per heavy atom. The first kappa shape index (κ1) is 17.5. The molecule has 0 amide bonds. The van der Waals surface area contributed by atoms with Crippen LogP contribution in [-0.2, 0) is 9.53 Å². The fourth-order valence-electron chi connectivity index (χ4n) is 1.52. The molecule has 0 bridgehead atoms. The van der Waals surface area contributed by atoms with E-state index >= 15 is 0 Å². The molecule has 0 radical (unpaired) electrons. The number of benzene rings is 1. The Morgan fingerprint density at radius 3 is 2.38 bits per heavy atom. The van der Waals surface area contributed by atoms with Gasteiger partial charge in [-0.25, -0.2) is 4.79 Å². The van der Waals surface area contributed by atoms with Crippen molar-refractivity contribution in [3.05, 3.63) is 34.9 Å². The van der Waals surface area contributed by atoms with E-state index in [9.17, 15) is 24.9 Å². The number of hydrogen-bond donors (Lipinski definition) is 4. The molecule has 8 heteroatoms. The largest absolute Gasteiger partial charge is 0.448 e. The molecule has 4 N–H and O–H groups in total. The SMILES string of the molecule is O=C[C@H](OC(=O)c1ccccc1Cl)[C@@H](O)[C@H](O)[C@H](O)CO. The van der Waals surface area contributed by atoms with Crippen LogP contribution >= 0.6 is 11.6 Å². The summed E-state index contributed by atoms with van der Waals surface area (Å²) in [5.74, 6) is -0.970. The highest BCUT2D eigenvalue weighted by atomic mass is 35.5. The molecule has 1 rings (SSSR count). The lowest BCUT2D eigenvalue weighted by atomic mass is 10.0. The maximum atomic E-state index is 11.8. The van der Waals surface area contributed by atoms with E-state index in [0.717, 1.165) is 0 Å². The number of carbonyl (C=O) groups is 2. The average molecular weight is 319 g/mol. The molecular formula is C13H15ClO7. The van der Waals surface area contributed by atoms with Crippen LogP contribution in [0.15, 0.2) is 24.3 Å². The second-order valence-electron chi connectivity index (χ2n) is 4.22. The van der Waals surface area contributed by atoms with E-state index in [1.54, 1.807) is 6.07 Å². The first-order valence-electron chi connectivity index (χ1n) is 5.98. The molecule has 0 spiro atoms. The summed E-state index contributed by atoms with van der Waals surface area (Å²) in [6.45, 7) is -0.831. The van der Waals surface area contributed by atoms with E-state index in [-0.39, 0.29) is 16.9 Å². The summed E-state index contributed by atoms with van der Waals surface area (Å²) in [4.78, 5) is 22.7. The van der Waals surface area contributed by atoms with Gasteiger partial charge in [-0.15, -0.1) is 0 Å². The van der Waals surface area contributed by atoms with Gasteiger partial charge in [0.05, 0.1) is 17.2 Å². The van der Waals surface area contributed by atoms with Crippen LogP contribution < -0.4 is 0 Å². The Labute approximate surface area is 125 Å². The van der Waals surface area contributed by atoms with Crippen molar-refractivity contribution in [2.24, 2.45) is 0 Å². The molecule has 0 aliphatic carbocycles. The second kappa shape index (κ2) is 8.06. The number of carbonyl (C=O) groups excluding carboxylic acids is 2. The van der Waals surface area contributed by atoms with Crippen LogP contribution in [0.5, 0.6) is 0 Å². The van der Waals surface area contributed by atoms with E-state index in [2.05, 4.69) is 0 Å². The minimum Gasteiger partial charge on any atom is -0.448 e. The number of aliphatic hydroxyl groups is 4. The molecule has 7 nitrogen and oxygen atoms in total. The fraction of sp³-hybridized carbons (Fsp3) is 0.385. The zero-order valence-corrected chi connectivity index (χ0v) is 11.6. The summed E-state index contributed by atoms with van der Waals surface area (Å²) in [5.41, 5.74) is -0.0181. The van der Waals surface area contributed by atoms with Crippen molar-refractivity contribution in [3.8, 4) is 0 Å². The Balaban J connectivity index is 2.80. The minimum absolute atomic E-state index is 0.0181. The molecule has 4 atom stereocenters. The monoisotopic (exact) mass is 318 g/mol. The van der Waals surface area contributed by atoms with Crippen LogP contribution in [-0.4, -0.2) is 63.7 Å². The topological polar surface area (TPSA) is 124 Å². The van der Waals surface area contributed by atoms with Crippen molar-refractivity contribution < 1.29 is 34.8 Å². The van der Waals surface area contributed by atoms with Crippen molar-refractivity contribution in [1.29, 1.82) is 0 Å². The zero-order chi connectivity index (χ0) is 16.0. The second-order valence-corrected chi connectivity index (χ2v) is 4.62. The standard InChI is InChI=1S/C13H15ClO7/c14-8-4-2-1-3-7(8)13(20)21-10(6-16)12(19)11(18)9(17)5-15/h1-4,6,9-12,15,17-19H,5H2/t9-,10+,11-,12-/m1/s1. The normalized spacial score (nSPS) is 16.6. The molecule has 116 valence electrons. The van der Waals surface area contributed by atoms with E-state index in [1.165, 1.54) is 18.2 Å². The van der Waals surface area contributed by atoms with Crippen LogP contribution in [0.3, 0.4) is 0 Å². The maximum Gasteiger partial charge on any atom is 0.340 e. The zero-order valence-electron chi connectivity index (χ0n) is 10.8. The number of aliphatic hydroxyl groups excluding tert-OH is 4. The van der Waals surface area contributed by atoms with Crippen LogP contribution in [0.2, 0.25) is 5.02 Å². The molecule has 0 aliphatic heterocycles. The third kappa shape index (κ3) is 4.48. The van der Waals surface area contributed by atoms with Crippen LogP contribution in [0, 0.1) is 0 Å². The summed E-state index contributed by atoms with van der Waals surface area (Å²) < 4.78 is 4.75. The van der Waals surface area contributed by atoms with E-state index in [1.807, 2.05) is 0 Å². The van der Waals surface area contributed by atoms with Gasteiger partial charge in [0, 0.05) is 0 Å². The fourth-order valence-corrected chi connectivity index (χ4v) is 1.73. The average Bonchev–Trinajstić information content (AvgIpc) is 2.50. The Bertz CT molecular complexity index is 493. The van der Waals surface area contributed by atoms with Gasteiger partial charge < -0.3 is 25.2 Å². The minimum atomic E-state index is -1.89. The van der Waals surface area contributed by atoms with Gasteiger partial charge in [0.1, 0.15) is 18.3 Å². The summed E-state index contributed by atoms with van der Waals surface area (Å²) in [6.07, 6.45) is -7.04. The molecule has 0 heterocycles. The van der Waals surface area contributed by atoms with Gasteiger partial charge in [-0.05, 0) is 12.1 Å². The summed E-state index contributed by atoms with van der Waals surface area (Å²) in [5, 5.41) is 37.1. The van der Waals surface area contributed by atoms with Crippen LogP contribution in [0.4, 0.5) is 0 Å². The van der Waals surface area contributed by atoms with Gasteiger partial charge in [-0.2, -0.15) is 0 Å². The number of rotatable bonds is 7. The number of halogens is 1. The highest BCUT2D eigenvalue weighted by molar-refractivity contribution is 6.33.